The van der Waals surface area contributed by atoms with E-state index in [0.717, 1.165) is 18.7 Å². The number of hydrogen-bond acceptors (Lipinski definition) is 5. The smallest absolute Gasteiger partial charge is 0.301 e. The second kappa shape index (κ2) is 6.51. The van der Waals surface area contributed by atoms with Crippen LogP contribution in [0.3, 0.4) is 0 Å². The molecule has 0 spiro atoms. The van der Waals surface area contributed by atoms with Gasteiger partial charge in [-0.05, 0) is 24.1 Å². The Bertz CT molecular complexity index is 522. The summed E-state index contributed by atoms with van der Waals surface area (Å²) in [5.74, 6) is 5.02. The summed E-state index contributed by atoms with van der Waals surface area (Å²) >= 11 is 1.73. The first-order chi connectivity index (χ1) is 9.24. The maximum atomic E-state index is 11.5. The molecule has 0 radical (unpaired) electrons. The van der Waals surface area contributed by atoms with Crippen molar-refractivity contribution in [3.05, 3.63) is 46.0 Å². The summed E-state index contributed by atoms with van der Waals surface area (Å²) in [7, 11) is 0. The first kappa shape index (κ1) is 13.8. The summed E-state index contributed by atoms with van der Waals surface area (Å²) in [5.41, 5.74) is 2.94. The van der Waals surface area contributed by atoms with Crippen LogP contribution in [-0.4, -0.2) is 17.4 Å². The lowest BCUT2D eigenvalue weighted by atomic mass is 10.2. The van der Waals surface area contributed by atoms with E-state index >= 15 is 0 Å². The third-order valence-electron chi connectivity index (χ3n) is 2.88. The average Bonchev–Trinajstić information content (AvgIpc) is 3.08. The number of nitrogens with one attached hydrogen (secondary N) is 1. The van der Waals surface area contributed by atoms with Crippen molar-refractivity contribution in [2.24, 2.45) is 5.84 Å². The normalized spacial score (nSPS) is 10.9. The van der Waals surface area contributed by atoms with Crippen LogP contribution in [0.4, 0.5) is 0 Å². The van der Waals surface area contributed by atoms with Gasteiger partial charge in [0.1, 0.15) is 0 Å². The molecule has 0 aliphatic heterocycles. The van der Waals surface area contributed by atoms with Crippen LogP contribution < -0.4 is 11.3 Å². The second-order valence-corrected chi connectivity index (χ2v) is 5.16. The fourth-order valence-electron chi connectivity index (χ4n) is 1.87. The molecule has 2 aromatic heterocycles. The molecule has 0 saturated carbocycles. The number of furan rings is 1. The molecule has 2 rings (SSSR count). The van der Waals surface area contributed by atoms with Gasteiger partial charge in [0.2, 0.25) is 0 Å². The Kier molecular flexibility index (Phi) is 4.73. The van der Waals surface area contributed by atoms with Crippen molar-refractivity contribution >= 4 is 17.2 Å². The molecule has 0 fully saturated rings. The van der Waals surface area contributed by atoms with E-state index in [1.54, 1.807) is 11.3 Å². The summed E-state index contributed by atoms with van der Waals surface area (Å²) < 4.78 is 5.18. The summed E-state index contributed by atoms with van der Waals surface area (Å²) in [6.45, 7) is 4.51. The number of carbonyl (C=O) groups excluding carboxylic acids is 1. The molecule has 0 saturated heterocycles. The predicted octanol–water partition coefficient (Wildman–Crippen LogP) is 1.97. The van der Waals surface area contributed by atoms with Crippen molar-refractivity contribution in [3.8, 4) is 0 Å². The number of hydrogen-bond donors (Lipinski definition) is 2. The molecule has 0 atom stereocenters. The van der Waals surface area contributed by atoms with Crippen LogP contribution in [-0.2, 0) is 13.1 Å². The van der Waals surface area contributed by atoms with E-state index in [-0.39, 0.29) is 5.76 Å². The molecule has 0 aliphatic carbocycles. The third kappa shape index (κ3) is 3.44. The molecule has 1 amide bonds. The van der Waals surface area contributed by atoms with E-state index in [4.69, 9.17) is 10.3 Å². The Balaban J connectivity index is 2.06. The number of rotatable bonds is 6. The lowest BCUT2D eigenvalue weighted by Gasteiger charge is -2.19. The number of carbonyl (C=O) groups is 1. The molecule has 0 bridgehead atoms. The Hall–Kier alpha value is -1.63. The molecule has 6 heteroatoms. The Morgan fingerprint density at radius 1 is 1.47 bits per heavy atom. The summed E-state index contributed by atoms with van der Waals surface area (Å²) in [6, 6.07) is 5.96. The van der Waals surface area contributed by atoms with Crippen molar-refractivity contribution in [1.29, 1.82) is 0 Å². The Morgan fingerprint density at radius 2 is 2.32 bits per heavy atom. The summed E-state index contributed by atoms with van der Waals surface area (Å²) in [6.07, 6.45) is 1.51. The Labute approximate surface area is 116 Å². The zero-order valence-electron chi connectivity index (χ0n) is 10.8. The number of nitrogen functional groups attached to an aromatic ring is 1. The lowest BCUT2D eigenvalue weighted by molar-refractivity contribution is 0.0923. The van der Waals surface area contributed by atoms with Gasteiger partial charge in [-0.2, -0.15) is 0 Å². The van der Waals surface area contributed by atoms with Gasteiger partial charge in [0.15, 0.2) is 5.76 Å². The number of nitrogens with zero attached hydrogens (tertiary/aromatic N) is 1. The van der Waals surface area contributed by atoms with Crippen molar-refractivity contribution < 1.29 is 9.21 Å². The minimum absolute atomic E-state index is 0.284. The van der Waals surface area contributed by atoms with Gasteiger partial charge in [-0.3, -0.25) is 15.1 Å². The Morgan fingerprint density at radius 3 is 2.95 bits per heavy atom. The highest BCUT2D eigenvalue weighted by atomic mass is 32.1. The maximum absolute atomic E-state index is 11.5. The fraction of sp³-hybridized carbons (Fsp3) is 0.308. The molecular formula is C13H17N3O2S. The molecule has 3 N–H and O–H groups in total. The van der Waals surface area contributed by atoms with Crippen molar-refractivity contribution in [3.63, 3.8) is 0 Å². The minimum Gasteiger partial charge on any atom is -0.459 e. The van der Waals surface area contributed by atoms with Gasteiger partial charge in [0.05, 0.1) is 6.26 Å². The van der Waals surface area contributed by atoms with Crippen LogP contribution in [0.2, 0.25) is 0 Å². The van der Waals surface area contributed by atoms with Crippen LogP contribution >= 0.6 is 11.3 Å². The quantitative estimate of drug-likeness (QED) is 0.482. The van der Waals surface area contributed by atoms with Gasteiger partial charge in [-0.15, -0.1) is 11.3 Å². The van der Waals surface area contributed by atoms with Crippen molar-refractivity contribution in [2.45, 2.75) is 20.0 Å². The van der Waals surface area contributed by atoms with Gasteiger partial charge < -0.3 is 4.42 Å². The van der Waals surface area contributed by atoms with E-state index in [1.165, 1.54) is 11.1 Å². The van der Waals surface area contributed by atoms with Crippen molar-refractivity contribution in [1.82, 2.24) is 10.3 Å². The van der Waals surface area contributed by atoms with Gasteiger partial charge in [-0.1, -0.05) is 13.0 Å². The molecule has 0 unspecified atom stereocenters. The highest BCUT2D eigenvalue weighted by Crippen LogP contribution is 2.17. The average molecular weight is 279 g/mol. The van der Waals surface area contributed by atoms with E-state index in [0.29, 0.717) is 6.54 Å². The molecule has 102 valence electrons. The predicted molar refractivity (Wildman–Crippen MR) is 74.5 cm³/mol. The highest BCUT2D eigenvalue weighted by molar-refractivity contribution is 7.09. The third-order valence-corrected chi connectivity index (χ3v) is 3.75. The van der Waals surface area contributed by atoms with Crippen LogP contribution in [0, 0.1) is 0 Å². The SMILES string of the molecule is CCN(Cc1cccs1)Cc1ccoc1C(=O)NN. The molecule has 5 nitrogen and oxygen atoms in total. The standard InChI is InChI=1S/C13H17N3O2S/c1-2-16(9-11-4-3-7-19-11)8-10-5-6-18-12(10)13(17)15-14/h3-7H,2,8-9,14H2,1H3,(H,15,17). The van der Waals surface area contributed by atoms with Crippen LogP contribution in [0.15, 0.2) is 34.3 Å². The molecule has 0 aliphatic rings. The van der Waals surface area contributed by atoms with Gasteiger partial charge >= 0.3 is 5.91 Å². The molecule has 19 heavy (non-hydrogen) atoms. The maximum Gasteiger partial charge on any atom is 0.301 e. The van der Waals surface area contributed by atoms with E-state index in [2.05, 4.69) is 28.7 Å². The zero-order chi connectivity index (χ0) is 13.7. The van der Waals surface area contributed by atoms with Gasteiger partial charge in [0, 0.05) is 23.5 Å². The zero-order valence-corrected chi connectivity index (χ0v) is 11.6. The van der Waals surface area contributed by atoms with E-state index in [1.807, 2.05) is 12.1 Å². The van der Waals surface area contributed by atoms with Crippen molar-refractivity contribution in [2.75, 3.05) is 6.54 Å². The van der Waals surface area contributed by atoms with Crippen LogP contribution in [0.25, 0.3) is 0 Å². The first-order valence-electron chi connectivity index (χ1n) is 6.06. The molecular weight excluding hydrogens is 262 g/mol. The first-order valence-corrected chi connectivity index (χ1v) is 6.94. The summed E-state index contributed by atoms with van der Waals surface area (Å²) in [5, 5.41) is 2.06. The summed E-state index contributed by atoms with van der Waals surface area (Å²) in [4.78, 5) is 15.1. The van der Waals surface area contributed by atoms with Gasteiger partial charge in [-0.25, -0.2) is 5.84 Å². The molecule has 2 aromatic rings. The number of amides is 1. The largest absolute Gasteiger partial charge is 0.459 e. The monoisotopic (exact) mass is 279 g/mol. The number of thiophene rings is 1. The number of hydrazine groups is 1. The lowest BCUT2D eigenvalue weighted by Crippen LogP contribution is -2.31. The topological polar surface area (TPSA) is 71.5 Å². The van der Waals surface area contributed by atoms with Crippen LogP contribution in [0.5, 0.6) is 0 Å². The minimum atomic E-state index is -0.396. The van der Waals surface area contributed by atoms with E-state index in [9.17, 15) is 4.79 Å². The van der Waals surface area contributed by atoms with Crippen LogP contribution in [0.1, 0.15) is 27.9 Å². The molecule has 2 heterocycles. The second-order valence-electron chi connectivity index (χ2n) is 4.13. The van der Waals surface area contributed by atoms with E-state index < -0.39 is 5.91 Å². The highest BCUT2D eigenvalue weighted by Gasteiger charge is 2.16. The fourth-order valence-corrected chi connectivity index (χ4v) is 2.61. The van der Waals surface area contributed by atoms with Gasteiger partial charge in [0.25, 0.3) is 0 Å². The number of nitrogens with two attached hydrogens (primary N) is 1. The molecule has 0 aromatic carbocycles.